The highest BCUT2D eigenvalue weighted by Gasteiger charge is 2.34. The average Bonchev–Trinajstić information content (AvgIpc) is 2.48. The lowest BCUT2D eigenvalue weighted by Gasteiger charge is -2.36. The molecular formula is C12H17N. The van der Waals surface area contributed by atoms with Gasteiger partial charge in [-0.3, -0.25) is 0 Å². The number of nitrogens with two attached hydrogens (primary N) is 1. The van der Waals surface area contributed by atoms with Crippen molar-refractivity contribution in [3.05, 3.63) is 22.9 Å². The maximum absolute atomic E-state index is 6.03. The van der Waals surface area contributed by atoms with Crippen molar-refractivity contribution in [2.24, 2.45) is 17.6 Å². The van der Waals surface area contributed by atoms with Crippen molar-refractivity contribution in [1.29, 1.82) is 0 Å². The summed E-state index contributed by atoms with van der Waals surface area (Å²) >= 11 is 0. The minimum Gasteiger partial charge on any atom is -0.399 e. The fraction of sp³-hybridized carbons (Fsp3) is 0.667. The molecule has 0 aromatic heterocycles. The molecule has 1 nitrogen and oxygen atoms in total. The van der Waals surface area contributed by atoms with Gasteiger partial charge in [-0.1, -0.05) is 24.5 Å². The fourth-order valence-corrected chi connectivity index (χ4v) is 3.46. The summed E-state index contributed by atoms with van der Waals surface area (Å²) < 4.78 is 0. The number of rotatable bonds is 0. The summed E-state index contributed by atoms with van der Waals surface area (Å²) in [6, 6.07) is 0. The van der Waals surface area contributed by atoms with Crippen molar-refractivity contribution >= 4 is 0 Å². The Morgan fingerprint density at radius 2 is 2.23 bits per heavy atom. The van der Waals surface area contributed by atoms with Crippen LogP contribution in [0.25, 0.3) is 0 Å². The van der Waals surface area contributed by atoms with Crippen LogP contribution in [-0.2, 0) is 0 Å². The average molecular weight is 175 g/mol. The third kappa shape index (κ3) is 1.06. The largest absolute Gasteiger partial charge is 0.399 e. The molecule has 2 atom stereocenters. The first-order valence-corrected chi connectivity index (χ1v) is 5.52. The Balaban J connectivity index is 1.99. The highest BCUT2D eigenvalue weighted by molar-refractivity contribution is 5.44. The van der Waals surface area contributed by atoms with Gasteiger partial charge in [0.2, 0.25) is 0 Å². The Bertz CT molecular complexity index is 298. The molecule has 1 saturated carbocycles. The van der Waals surface area contributed by atoms with E-state index in [1.807, 2.05) is 0 Å². The standard InChI is InChI=1S/C12H17N/c13-11-5-4-10-7-8-2-1-3-9(6-8)12(10)11/h5,8-9H,1-4,6-7,13H2. The zero-order chi connectivity index (χ0) is 8.84. The van der Waals surface area contributed by atoms with Gasteiger partial charge in [0, 0.05) is 5.70 Å². The van der Waals surface area contributed by atoms with E-state index in [9.17, 15) is 0 Å². The smallest absolute Gasteiger partial charge is 0.0311 e. The fourth-order valence-electron chi connectivity index (χ4n) is 3.46. The normalized spacial score (nSPS) is 37.4. The van der Waals surface area contributed by atoms with Gasteiger partial charge < -0.3 is 5.73 Å². The molecule has 2 bridgehead atoms. The second-order valence-electron chi connectivity index (χ2n) is 4.81. The lowest BCUT2D eigenvalue weighted by atomic mass is 9.69. The van der Waals surface area contributed by atoms with Crippen molar-refractivity contribution < 1.29 is 0 Å². The highest BCUT2D eigenvalue weighted by atomic mass is 14.6. The first-order chi connectivity index (χ1) is 6.34. The van der Waals surface area contributed by atoms with Crippen LogP contribution in [0.2, 0.25) is 0 Å². The quantitative estimate of drug-likeness (QED) is 0.602. The Morgan fingerprint density at radius 3 is 3.15 bits per heavy atom. The molecule has 0 spiro atoms. The van der Waals surface area contributed by atoms with Crippen LogP contribution >= 0.6 is 0 Å². The Hall–Kier alpha value is -0.720. The molecule has 0 aromatic carbocycles. The first-order valence-electron chi connectivity index (χ1n) is 5.52. The maximum atomic E-state index is 6.03. The van der Waals surface area contributed by atoms with Crippen molar-refractivity contribution in [1.82, 2.24) is 0 Å². The van der Waals surface area contributed by atoms with Gasteiger partial charge in [-0.25, -0.2) is 0 Å². The highest BCUT2D eigenvalue weighted by Crippen LogP contribution is 2.47. The molecule has 3 rings (SSSR count). The van der Waals surface area contributed by atoms with Crippen molar-refractivity contribution in [3.8, 4) is 0 Å². The molecule has 0 aliphatic heterocycles. The van der Waals surface area contributed by atoms with Crippen LogP contribution in [0, 0.1) is 11.8 Å². The third-order valence-electron chi connectivity index (χ3n) is 3.99. The lowest BCUT2D eigenvalue weighted by Crippen LogP contribution is -2.24. The van der Waals surface area contributed by atoms with E-state index in [1.54, 1.807) is 11.1 Å². The molecule has 1 heteroatoms. The molecule has 1 fully saturated rings. The van der Waals surface area contributed by atoms with Gasteiger partial charge in [-0.2, -0.15) is 0 Å². The monoisotopic (exact) mass is 175 g/mol. The van der Waals surface area contributed by atoms with Crippen molar-refractivity contribution in [3.63, 3.8) is 0 Å². The van der Waals surface area contributed by atoms with Crippen LogP contribution in [0.1, 0.15) is 38.5 Å². The second-order valence-corrected chi connectivity index (χ2v) is 4.81. The van der Waals surface area contributed by atoms with E-state index in [4.69, 9.17) is 5.73 Å². The van der Waals surface area contributed by atoms with Gasteiger partial charge in [0.15, 0.2) is 0 Å². The summed E-state index contributed by atoms with van der Waals surface area (Å²) in [6.07, 6.45) is 10.5. The van der Waals surface area contributed by atoms with Gasteiger partial charge in [-0.15, -0.1) is 0 Å². The van der Waals surface area contributed by atoms with E-state index in [2.05, 4.69) is 6.08 Å². The molecule has 0 saturated heterocycles. The Kier molecular flexibility index (Phi) is 1.55. The Labute approximate surface area is 79.7 Å². The maximum Gasteiger partial charge on any atom is 0.0311 e. The topological polar surface area (TPSA) is 26.0 Å². The molecule has 3 aliphatic rings. The SMILES string of the molecule is NC1=CCC2=C1C1CCCC(C2)C1. The summed E-state index contributed by atoms with van der Waals surface area (Å²) in [7, 11) is 0. The zero-order valence-corrected chi connectivity index (χ0v) is 8.05. The summed E-state index contributed by atoms with van der Waals surface area (Å²) in [5.74, 6) is 1.83. The van der Waals surface area contributed by atoms with E-state index >= 15 is 0 Å². The molecule has 2 unspecified atom stereocenters. The summed E-state index contributed by atoms with van der Waals surface area (Å²) in [5.41, 5.74) is 10.4. The van der Waals surface area contributed by atoms with Gasteiger partial charge in [0.25, 0.3) is 0 Å². The second kappa shape index (κ2) is 2.63. The predicted octanol–water partition coefficient (Wildman–Crippen LogP) is 2.74. The minimum atomic E-state index is 0.834. The van der Waals surface area contributed by atoms with Gasteiger partial charge >= 0.3 is 0 Å². The van der Waals surface area contributed by atoms with Gasteiger partial charge in [0.1, 0.15) is 0 Å². The zero-order valence-electron chi connectivity index (χ0n) is 8.05. The van der Waals surface area contributed by atoms with E-state index in [0.29, 0.717) is 0 Å². The van der Waals surface area contributed by atoms with E-state index in [-0.39, 0.29) is 0 Å². The molecule has 70 valence electrons. The Morgan fingerprint density at radius 1 is 1.31 bits per heavy atom. The third-order valence-corrected chi connectivity index (χ3v) is 3.99. The van der Waals surface area contributed by atoms with Crippen LogP contribution < -0.4 is 5.73 Å². The van der Waals surface area contributed by atoms with Crippen LogP contribution in [-0.4, -0.2) is 0 Å². The van der Waals surface area contributed by atoms with E-state index in [0.717, 1.165) is 24.0 Å². The number of hydrogen-bond acceptors (Lipinski definition) is 1. The minimum absolute atomic E-state index is 0.834. The summed E-state index contributed by atoms with van der Waals surface area (Å²) in [4.78, 5) is 0. The van der Waals surface area contributed by atoms with Crippen LogP contribution in [0.4, 0.5) is 0 Å². The first kappa shape index (κ1) is 7.66. The van der Waals surface area contributed by atoms with Crippen LogP contribution in [0.3, 0.4) is 0 Å². The number of hydrogen-bond donors (Lipinski definition) is 1. The van der Waals surface area contributed by atoms with Crippen LogP contribution in [0.15, 0.2) is 22.9 Å². The summed E-state index contributed by atoms with van der Waals surface area (Å²) in [5, 5.41) is 0. The summed E-state index contributed by atoms with van der Waals surface area (Å²) in [6.45, 7) is 0. The molecule has 13 heavy (non-hydrogen) atoms. The molecule has 0 radical (unpaired) electrons. The number of fused-ring (bicyclic) bond motifs is 3. The van der Waals surface area contributed by atoms with E-state index in [1.165, 1.54) is 32.1 Å². The molecular weight excluding hydrogens is 158 g/mol. The molecule has 0 amide bonds. The molecule has 2 N–H and O–H groups in total. The van der Waals surface area contributed by atoms with Gasteiger partial charge in [0.05, 0.1) is 0 Å². The molecule has 3 aliphatic carbocycles. The predicted molar refractivity (Wildman–Crippen MR) is 54.0 cm³/mol. The van der Waals surface area contributed by atoms with E-state index < -0.39 is 0 Å². The van der Waals surface area contributed by atoms with Crippen molar-refractivity contribution in [2.45, 2.75) is 38.5 Å². The lowest BCUT2D eigenvalue weighted by molar-refractivity contribution is 0.274. The number of allylic oxidation sites excluding steroid dienone is 3. The van der Waals surface area contributed by atoms with Crippen molar-refractivity contribution in [2.75, 3.05) is 0 Å². The van der Waals surface area contributed by atoms with Crippen LogP contribution in [0.5, 0.6) is 0 Å². The van der Waals surface area contributed by atoms with Gasteiger partial charge in [-0.05, 0) is 43.1 Å². The molecule has 0 aromatic rings. The molecule has 0 heterocycles.